The minimum Gasteiger partial charge on any atom is -0.394 e. The Bertz CT molecular complexity index is 550. The molecule has 1 aliphatic rings. The summed E-state index contributed by atoms with van der Waals surface area (Å²) in [5.41, 5.74) is -1.10. The molecule has 0 aromatic carbocycles. The van der Waals surface area contributed by atoms with Crippen molar-refractivity contribution in [2.24, 2.45) is 0 Å². The first-order valence-electron chi connectivity index (χ1n) is 5.40. The third-order valence-corrected chi connectivity index (χ3v) is 2.96. The van der Waals surface area contributed by atoms with Crippen molar-refractivity contribution in [3.63, 3.8) is 0 Å². The predicted octanol–water partition coefficient (Wildman–Crippen LogP) is -2.54. The number of nitrogens with zero attached hydrogens (tertiary/aromatic N) is 1. The molecule has 8 heteroatoms. The SMILES string of the molecule is Cc1c[nH]c(=O)n([C@@H]2O[C@H](CO)[C@@H](O)[C@@H]2O)c1=O. The van der Waals surface area contributed by atoms with Crippen LogP contribution in [0.5, 0.6) is 0 Å². The number of nitrogens with one attached hydrogen (secondary N) is 1. The van der Waals surface area contributed by atoms with Crippen molar-refractivity contribution in [1.29, 1.82) is 0 Å². The lowest BCUT2D eigenvalue weighted by Gasteiger charge is -2.16. The second kappa shape index (κ2) is 4.65. The van der Waals surface area contributed by atoms with Crippen LogP contribution in [0.15, 0.2) is 15.8 Å². The van der Waals surface area contributed by atoms with Crippen molar-refractivity contribution in [1.82, 2.24) is 9.55 Å². The number of aromatic nitrogens is 2. The van der Waals surface area contributed by atoms with Gasteiger partial charge in [0.1, 0.15) is 18.3 Å². The lowest BCUT2D eigenvalue weighted by atomic mass is 10.1. The molecule has 4 atom stereocenters. The van der Waals surface area contributed by atoms with E-state index in [1.54, 1.807) is 0 Å². The van der Waals surface area contributed by atoms with Crippen LogP contribution in [0, 0.1) is 6.92 Å². The third-order valence-electron chi connectivity index (χ3n) is 2.96. The summed E-state index contributed by atoms with van der Waals surface area (Å²) in [6.45, 7) is 0.975. The van der Waals surface area contributed by atoms with Crippen molar-refractivity contribution < 1.29 is 20.1 Å². The monoisotopic (exact) mass is 258 g/mol. The first-order chi connectivity index (χ1) is 8.47. The van der Waals surface area contributed by atoms with Gasteiger partial charge < -0.3 is 25.0 Å². The molecule has 2 heterocycles. The molecular formula is C10H14N2O6. The molecule has 100 valence electrons. The van der Waals surface area contributed by atoms with Gasteiger partial charge in [-0.1, -0.05) is 0 Å². The van der Waals surface area contributed by atoms with E-state index in [0.717, 1.165) is 0 Å². The molecule has 0 spiro atoms. The Kier molecular flexibility index (Phi) is 3.35. The summed E-state index contributed by atoms with van der Waals surface area (Å²) >= 11 is 0. The maximum atomic E-state index is 11.8. The minimum atomic E-state index is -1.46. The summed E-state index contributed by atoms with van der Waals surface area (Å²) in [4.78, 5) is 25.8. The van der Waals surface area contributed by atoms with E-state index in [1.165, 1.54) is 13.1 Å². The zero-order chi connectivity index (χ0) is 13.4. The molecule has 4 N–H and O–H groups in total. The molecule has 0 unspecified atom stereocenters. The van der Waals surface area contributed by atoms with Gasteiger partial charge in [-0.25, -0.2) is 9.36 Å². The van der Waals surface area contributed by atoms with Crippen molar-refractivity contribution in [2.75, 3.05) is 6.61 Å². The van der Waals surface area contributed by atoms with Crippen molar-refractivity contribution in [3.8, 4) is 0 Å². The van der Waals surface area contributed by atoms with Crippen LogP contribution in [-0.2, 0) is 4.74 Å². The third kappa shape index (κ3) is 1.89. The fourth-order valence-electron chi connectivity index (χ4n) is 1.91. The first kappa shape index (κ1) is 13.0. The summed E-state index contributed by atoms with van der Waals surface area (Å²) in [5.74, 6) is 0. The Morgan fingerprint density at radius 1 is 1.39 bits per heavy atom. The standard InChI is InChI=1S/C10H14N2O6/c1-4-2-11-10(17)12(8(4)16)9-7(15)6(14)5(3-13)18-9/h2,5-7,9,13-15H,3H2,1H3,(H,11,17)/t5-,6-,7+,9-/m1/s1. The Labute approximate surface area is 101 Å². The summed E-state index contributed by atoms with van der Waals surface area (Å²) in [7, 11) is 0. The van der Waals surface area contributed by atoms with Crippen LogP contribution < -0.4 is 11.2 Å². The highest BCUT2D eigenvalue weighted by molar-refractivity contribution is 5.03. The molecule has 1 saturated heterocycles. The van der Waals surface area contributed by atoms with Crippen LogP contribution in [0.3, 0.4) is 0 Å². The minimum absolute atomic E-state index is 0.271. The number of aliphatic hydroxyl groups is 3. The Hall–Kier alpha value is -1.48. The fourth-order valence-corrected chi connectivity index (χ4v) is 1.91. The zero-order valence-corrected chi connectivity index (χ0v) is 9.61. The average Bonchev–Trinajstić information content (AvgIpc) is 2.62. The molecule has 8 nitrogen and oxygen atoms in total. The number of rotatable bonds is 2. The van der Waals surface area contributed by atoms with E-state index in [1.807, 2.05) is 0 Å². The Balaban J connectivity index is 2.48. The Morgan fingerprint density at radius 3 is 2.61 bits per heavy atom. The average molecular weight is 258 g/mol. The molecule has 0 saturated carbocycles. The molecule has 1 aliphatic heterocycles. The van der Waals surface area contributed by atoms with Gasteiger partial charge in [0.25, 0.3) is 5.56 Å². The van der Waals surface area contributed by atoms with Crippen LogP contribution in [0.2, 0.25) is 0 Å². The van der Waals surface area contributed by atoms with Gasteiger partial charge in [0.05, 0.1) is 6.61 Å². The van der Waals surface area contributed by atoms with Crippen molar-refractivity contribution in [2.45, 2.75) is 31.5 Å². The van der Waals surface area contributed by atoms with E-state index in [4.69, 9.17) is 9.84 Å². The van der Waals surface area contributed by atoms with Gasteiger partial charge in [0.15, 0.2) is 6.23 Å². The van der Waals surface area contributed by atoms with E-state index >= 15 is 0 Å². The van der Waals surface area contributed by atoms with E-state index < -0.39 is 42.4 Å². The van der Waals surface area contributed by atoms with Gasteiger partial charge in [0.2, 0.25) is 0 Å². The number of aromatic amines is 1. The summed E-state index contributed by atoms with van der Waals surface area (Å²) in [6, 6.07) is 0. The molecule has 0 amide bonds. The molecule has 1 aromatic rings. The lowest BCUT2D eigenvalue weighted by Crippen LogP contribution is -2.43. The van der Waals surface area contributed by atoms with Crippen LogP contribution in [0.1, 0.15) is 11.8 Å². The lowest BCUT2D eigenvalue weighted by molar-refractivity contribution is -0.0565. The number of hydrogen-bond acceptors (Lipinski definition) is 6. The molecule has 0 bridgehead atoms. The van der Waals surface area contributed by atoms with Gasteiger partial charge in [-0.05, 0) is 6.92 Å². The highest BCUT2D eigenvalue weighted by atomic mass is 16.6. The van der Waals surface area contributed by atoms with Crippen LogP contribution in [-0.4, -0.2) is 49.8 Å². The zero-order valence-electron chi connectivity index (χ0n) is 9.61. The predicted molar refractivity (Wildman–Crippen MR) is 59.1 cm³/mol. The molecule has 0 aliphatic carbocycles. The molecular weight excluding hydrogens is 244 g/mol. The van der Waals surface area contributed by atoms with Gasteiger partial charge in [0, 0.05) is 11.8 Å². The number of aryl methyl sites for hydroxylation is 1. The number of ether oxygens (including phenoxy) is 1. The second-order valence-electron chi connectivity index (χ2n) is 4.18. The van der Waals surface area contributed by atoms with E-state index in [-0.39, 0.29) is 5.56 Å². The van der Waals surface area contributed by atoms with Gasteiger partial charge in [-0.15, -0.1) is 0 Å². The highest BCUT2D eigenvalue weighted by Gasteiger charge is 2.44. The van der Waals surface area contributed by atoms with Crippen molar-refractivity contribution >= 4 is 0 Å². The highest BCUT2D eigenvalue weighted by Crippen LogP contribution is 2.27. The first-order valence-corrected chi connectivity index (χ1v) is 5.40. The fraction of sp³-hybridized carbons (Fsp3) is 0.600. The normalized spacial score (nSPS) is 31.8. The maximum Gasteiger partial charge on any atom is 0.330 e. The summed E-state index contributed by atoms with van der Waals surface area (Å²) in [5, 5.41) is 28.3. The van der Waals surface area contributed by atoms with Crippen molar-refractivity contribution in [3.05, 3.63) is 32.6 Å². The van der Waals surface area contributed by atoms with E-state index in [0.29, 0.717) is 4.57 Å². The molecule has 1 fully saturated rings. The summed E-state index contributed by atoms with van der Waals surface area (Å²) in [6.07, 6.45) is -3.90. The molecule has 18 heavy (non-hydrogen) atoms. The number of hydrogen-bond donors (Lipinski definition) is 4. The topological polar surface area (TPSA) is 125 Å². The summed E-state index contributed by atoms with van der Waals surface area (Å²) < 4.78 is 5.82. The maximum absolute atomic E-state index is 11.8. The second-order valence-corrected chi connectivity index (χ2v) is 4.18. The van der Waals surface area contributed by atoms with Gasteiger partial charge in [-0.3, -0.25) is 4.79 Å². The van der Waals surface area contributed by atoms with Gasteiger partial charge in [-0.2, -0.15) is 0 Å². The molecule has 1 aromatic heterocycles. The van der Waals surface area contributed by atoms with Crippen LogP contribution >= 0.6 is 0 Å². The van der Waals surface area contributed by atoms with E-state index in [2.05, 4.69) is 4.98 Å². The number of H-pyrrole nitrogens is 1. The van der Waals surface area contributed by atoms with Gasteiger partial charge >= 0.3 is 5.69 Å². The van der Waals surface area contributed by atoms with E-state index in [9.17, 15) is 19.8 Å². The Morgan fingerprint density at radius 2 is 2.06 bits per heavy atom. The molecule has 0 radical (unpaired) electrons. The van der Waals surface area contributed by atoms with Crippen LogP contribution in [0.4, 0.5) is 0 Å². The quantitative estimate of drug-likeness (QED) is 0.463. The number of aliphatic hydroxyl groups excluding tert-OH is 3. The largest absolute Gasteiger partial charge is 0.394 e. The molecule has 2 rings (SSSR count). The smallest absolute Gasteiger partial charge is 0.330 e. The van der Waals surface area contributed by atoms with Crippen LogP contribution in [0.25, 0.3) is 0 Å².